The van der Waals surface area contributed by atoms with Crippen molar-refractivity contribution >= 4 is 39.1 Å². The van der Waals surface area contributed by atoms with E-state index in [0.29, 0.717) is 28.3 Å². The fraction of sp³-hybridized carbons (Fsp3) is 0.355. The molecule has 40 heavy (non-hydrogen) atoms. The molecule has 2 amide bonds. The molecule has 0 spiro atoms. The van der Waals surface area contributed by atoms with E-state index in [1.165, 1.54) is 17.0 Å². The minimum absolute atomic E-state index is 0.0494. The monoisotopic (exact) mass is 583 g/mol. The quantitative estimate of drug-likeness (QED) is 0.309. The Labute approximate surface area is 243 Å². The molecule has 0 aromatic heterocycles. The second-order valence-corrected chi connectivity index (χ2v) is 12.6. The Hall–Kier alpha value is -3.36. The van der Waals surface area contributed by atoms with Crippen molar-refractivity contribution in [2.24, 2.45) is 0 Å². The van der Waals surface area contributed by atoms with Gasteiger partial charge < -0.3 is 10.2 Å². The number of carbonyl (C=O) groups excluding carboxylic acids is 2. The molecule has 0 unspecified atom stereocenters. The Bertz CT molecular complexity index is 1460. The Kier molecular flexibility index (Phi) is 10.4. The molecule has 0 radical (unpaired) electrons. The maximum absolute atomic E-state index is 14.1. The van der Waals surface area contributed by atoms with Crippen LogP contribution >= 0.6 is 11.6 Å². The van der Waals surface area contributed by atoms with Crippen LogP contribution in [0.2, 0.25) is 5.02 Å². The molecule has 0 fully saturated rings. The van der Waals surface area contributed by atoms with Gasteiger partial charge in [0.15, 0.2) is 0 Å². The van der Waals surface area contributed by atoms with Crippen molar-refractivity contribution in [3.05, 3.63) is 94.0 Å². The van der Waals surface area contributed by atoms with Crippen LogP contribution in [0.4, 0.5) is 5.69 Å². The van der Waals surface area contributed by atoms with Crippen LogP contribution in [0.25, 0.3) is 0 Å². The Balaban J connectivity index is 2.11. The molecule has 0 aliphatic heterocycles. The maximum Gasteiger partial charge on any atom is 0.264 e. The lowest BCUT2D eigenvalue weighted by molar-refractivity contribution is -0.140. The minimum Gasteiger partial charge on any atom is -0.352 e. The molecule has 0 saturated heterocycles. The first kappa shape index (κ1) is 31.2. The molecule has 214 valence electrons. The van der Waals surface area contributed by atoms with E-state index >= 15 is 0 Å². The second kappa shape index (κ2) is 13.3. The van der Waals surface area contributed by atoms with Crippen LogP contribution in [0.3, 0.4) is 0 Å². The van der Waals surface area contributed by atoms with E-state index < -0.39 is 28.5 Å². The first-order valence-corrected chi connectivity index (χ1v) is 15.2. The number of sulfonamides is 1. The summed E-state index contributed by atoms with van der Waals surface area (Å²) in [5.74, 6) is -0.821. The molecule has 3 aromatic carbocycles. The highest BCUT2D eigenvalue weighted by Crippen LogP contribution is 2.29. The average molecular weight is 584 g/mol. The summed E-state index contributed by atoms with van der Waals surface area (Å²) in [6.45, 7) is 10.7. The van der Waals surface area contributed by atoms with Gasteiger partial charge in [-0.05, 0) is 76.4 Å². The smallest absolute Gasteiger partial charge is 0.264 e. The van der Waals surface area contributed by atoms with Gasteiger partial charge in [-0.3, -0.25) is 13.9 Å². The summed E-state index contributed by atoms with van der Waals surface area (Å²) in [6.07, 6.45) is 0.336. The Morgan fingerprint density at radius 3 is 2.12 bits per heavy atom. The van der Waals surface area contributed by atoms with Crippen molar-refractivity contribution in [2.75, 3.05) is 10.8 Å². The van der Waals surface area contributed by atoms with E-state index in [0.717, 1.165) is 15.4 Å². The molecule has 1 atom stereocenters. The first-order valence-electron chi connectivity index (χ1n) is 13.3. The van der Waals surface area contributed by atoms with Crippen molar-refractivity contribution in [1.82, 2.24) is 10.2 Å². The largest absolute Gasteiger partial charge is 0.352 e. The summed E-state index contributed by atoms with van der Waals surface area (Å²) in [4.78, 5) is 28.9. The summed E-state index contributed by atoms with van der Waals surface area (Å²) < 4.78 is 29.2. The van der Waals surface area contributed by atoms with Gasteiger partial charge in [-0.15, -0.1) is 0 Å². The van der Waals surface area contributed by atoms with Gasteiger partial charge in [-0.1, -0.05) is 72.1 Å². The molecule has 9 heteroatoms. The highest BCUT2D eigenvalue weighted by molar-refractivity contribution is 7.92. The molecule has 3 aromatic rings. The van der Waals surface area contributed by atoms with Crippen molar-refractivity contribution in [2.45, 2.75) is 71.5 Å². The lowest BCUT2D eigenvalue weighted by Gasteiger charge is -2.34. The van der Waals surface area contributed by atoms with Gasteiger partial charge in [0.1, 0.15) is 12.6 Å². The summed E-state index contributed by atoms with van der Waals surface area (Å²) in [7, 11) is -4.13. The number of aryl methyl sites for hydroxylation is 3. The first-order chi connectivity index (χ1) is 18.8. The molecule has 0 heterocycles. The van der Waals surface area contributed by atoms with E-state index in [1.54, 1.807) is 36.4 Å². The Morgan fingerprint density at radius 2 is 1.55 bits per heavy atom. The van der Waals surface area contributed by atoms with E-state index in [1.807, 2.05) is 59.7 Å². The molecule has 7 nitrogen and oxygen atoms in total. The highest BCUT2D eigenvalue weighted by Gasteiger charge is 2.34. The lowest BCUT2D eigenvalue weighted by atomic mass is 10.1. The summed E-state index contributed by atoms with van der Waals surface area (Å²) >= 11 is 6.44. The molecule has 0 saturated carbocycles. The van der Waals surface area contributed by atoms with Gasteiger partial charge in [0.2, 0.25) is 11.8 Å². The fourth-order valence-corrected chi connectivity index (χ4v) is 6.22. The number of carbonyl (C=O) groups is 2. The molecule has 0 aliphatic rings. The molecular formula is C31H38ClN3O4S. The third-order valence-corrected chi connectivity index (χ3v) is 8.77. The SMILES string of the molecule is CC[C@@H](C(=O)NC(C)C)N(Cc1ccccc1Cl)C(=O)CN(c1ccc(C)cc1C)S(=O)(=O)c1ccc(C)cc1. The molecule has 0 bridgehead atoms. The molecule has 1 N–H and O–H groups in total. The van der Waals surface area contributed by atoms with Gasteiger partial charge in [-0.25, -0.2) is 8.42 Å². The van der Waals surface area contributed by atoms with Crippen LogP contribution in [0.15, 0.2) is 71.6 Å². The average Bonchev–Trinajstić information content (AvgIpc) is 2.88. The third-order valence-electron chi connectivity index (χ3n) is 6.62. The van der Waals surface area contributed by atoms with Crippen LogP contribution < -0.4 is 9.62 Å². The van der Waals surface area contributed by atoms with Gasteiger partial charge in [0.25, 0.3) is 10.0 Å². The summed E-state index contributed by atoms with van der Waals surface area (Å²) in [5.41, 5.74) is 3.66. The molecule has 3 rings (SSSR count). The number of hydrogen-bond donors (Lipinski definition) is 1. The zero-order valence-corrected chi connectivity index (χ0v) is 25.5. The van der Waals surface area contributed by atoms with Gasteiger partial charge >= 0.3 is 0 Å². The standard InChI is InChI=1S/C31H38ClN3O4S/c1-7-28(31(37)33-21(2)3)34(19-25-10-8-9-11-27(25)32)30(36)20-35(29-17-14-23(5)18-24(29)6)40(38,39)26-15-12-22(4)13-16-26/h8-18,21,28H,7,19-20H2,1-6H3,(H,33,37)/t28-/m0/s1. The number of rotatable bonds is 11. The van der Waals surface area contributed by atoms with Crippen molar-refractivity contribution in [1.29, 1.82) is 0 Å². The third kappa shape index (κ3) is 7.43. The molecular weight excluding hydrogens is 546 g/mol. The van der Waals surface area contributed by atoms with Crippen molar-refractivity contribution in [3.8, 4) is 0 Å². The number of anilines is 1. The van der Waals surface area contributed by atoms with E-state index in [2.05, 4.69) is 5.32 Å². The van der Waals surface area contributed by atoms with Gasteiger partial charge in [-0.2, -0.15) is 0 Å². The second-order valence-electron chi connectivity index (χ2n) is 10.3. The zero-order valence-electron chi connectivity index (χ0n) is 23.9. The number of halogens is 1. The van der Waals surface area contributed by atoms with E-state index in [-0.39, 0.29) is 23.4 Å². The predicted octanol–water partition coefficient (Wildman–Crippen LogP) is 5.79. The highest BCUT2D eigenvalue weighted by atomic mass is 35.5. The van der Waals surface area contributed by atoms with E-state index in [4.69, 9.17) is 11.6 Å². The lowest BCUT2D eigenvalue weighted by Crippen LogP contribution is -2.53. The van der Waals surface area contributed by atoms with Crippen LogP contribution in [-0.4, -0.2) is 43.8 Å². The Morgan fingerprint density at radius 1 is 0.925 bits per heavy atom. The van der Waals surface area contributed by atoms with E-state index in [9.17, 15) is 18.0 Å². The molecule has 0 aliphatic carbocycles. The minimum atomic E-state index is -4.13. The summed E-state index contributed by atoms with van der Waals surface area (Å²) in [6, 6.07) is 18.1. The van der Waals surface area contributed by atoms with Crippen LogP contribution in [0.1, 0.15) is 49.4 Å². The summed E-state index contributed by atoms with van der Waals surface area (Å²) in [5, 5.41) is 3.35. The topological polar surface area (TPSA) is 86.8 Å². The van der Waals surface area contributed by atoms with Crippen LogP contribution in [-0.2, 0) is 26.2 Å². The number of nitrogens with zero attached hydrogens (tertiary/aromatic N) is 2. The number of amides is 2. The number of nitrogens with one attached hydrogen (secondary N) is 1. The predicted molar refractivity (Wildman–Crippen MR) is 161 cm³/mol. The normalized spacial score (nSPS) is 12.2. The fourth-order valence-electron chi connectivity index (χ4n) is 4.55. The number of hydrogen-bond acceptors (Lipinski definition) is 4. The van der Waals surface area contributed by atoms with Gasteiger partial charge in [0.05, 0.1) is 10.6 Å². The van der Waals surface area contributed by atoms with Crippen molar-refractivity contribution < 1.29 is 18.0 Å². The maximum atomic E-state index is 14.1. The zero-order chi connectivity index (χ0) is 29.6. The van der Waals surface area contributed by atoms with Gasteiger partial charge in [0, 0.05) is 17.6 Å². The van der Waals surface area contributed by atoms with Crippen LogP contribution in [0, 0.1) is 20.8 Å². The van der Waals surface area contributed by atoms with Crippen molar-refractivity contribution in [3.63, 3.8) is 0 Å². The number of benzene rings is 3. The van der Waals surface area contributed by atoms with Crippen LogP contribution in [0.5, 0.6) is 0 Å².